The van der Waals surface area contributed by atoms with E-state index in [1.54, 1.807) is 0 Å². The molecule has 112 valence electrons. The fraction of sp³-hybridized carbons (Fsp3) is 0.824. The molecule has 1 heterocycles. The van der Waals surface area contributed by atoms with Crippen LogP contribution in [0.2, 0.25) is 0 Å². The highest BCUT2D eigenvalue weighted by Gasteiger charge is 2.31. The number of nitrogens with one attached hydrogen (secondary N) is 1. The van der Waals surface area contributed by atoms with Crippen molar-refractivity contribution in [3.63, 3.8) is 0 Å². The van der Waals surface area contributed by atoms with E-state index in [1.165, 1.54) is 51.4 Å². The van der Waals surface area contributed by atoms with Gasteiger partial charge in [0.05, 0.1) is 5.69 Å². The Morgan fingerprint density at radius 1 is 1.20 bits per heavy atom. The SMILES string of the molecule is Cc1cn(C2CCCCC2)c(NC2CCC(C)(C)C2)n1. The van der Waals surface area contributed by atoms with Gasteiger partial charge in [0.15, 0.2) is 0 Å². The molecule has 1 atom stereocenters. The van der Waals surface area contributed by atoms with Gasteiger partial charge in [0.25, 0.3) is 0 Å². The minimum Gasteiger partial charge on any atom is -0.353 e. The number of rotatable bonds is 3. The van der Waals surface area contributed by atoms with Crippen LogP contribution in [0.15, 0.2) is 6.20 Å². The summed E-state index contributed by atoms with van der Waals surface area (Å²) in [5.41, 5.74) is 1.64. The largest absolute Gasteiger partial charge is 0.353 e. The third kappa shape index (κ3) is 3.02. The Labute approximate surface area is 123 Å². The number of hydrogen-bond donors (Lipinski definition) is 1. The number of anilines is 1. The average Bonchev–Trinajstić information content (AvgIpc) is 2.94. The molecule has 2 aliphatic carbocycles. The van der Waals surface area contributed by atoms with E-state index >= 15 is 0 Å². The highest BCUT2D eigenvalue weighted by atomic mass is 15.2. The number of hydrogen-bond acceptors (Lipinski definition) is 2. The first-order valence-corrected chi connectivity index (χ1v) is 8.35. The highest BCUT2D eigenvalue weighted by molar-refractivity contribution is 5.32. The Hall–Kier alpha value is -0.990. The highest BCUT2D eigenvalue weighted by Crippen LogP contribution is 2.39. The van der Waals surface area contributed by atoms with Crippen molar-refractivity contribution in [2.75, 3.05) is 5.32 Å². The van der Waals surface area contributed by atoms with Crippen molar-refractivity contribution in [2.24, 2.45) is 5.41 Å². The van der Waals surface area contributed by atoms with Crippen molar-refractivity contribution in [2.45, 2.75) is 84.2 Å². The van der Waals surface area contributed by atoms with Crippen molar-refractivity contribution in [1.82, 2.24) is 9.55 Å². The molecule has 3 heteroatoms. The fourth-order valence-electron chi connectivity index (χ4n) is 4.00. The first-order valence-electron chi connectivity index (χ1n) is 8.35. The molecule has 2 aliphatic rings. The van der Waals surface area contributed by atoms with Crippen molar-refractivity contribution >= 4 is 5.95 Å². The molecule has 0 radical (unpaired) electrons. The van der Waals surface area contributed by atoms with Crippen LogP contribution >= 0.6 is 0 Å². The summed E-state index contributed by atoms with van der Waals surface area (Å²) >= 11 is 0. The van der Waals surface area contributed by atoms with Crippen molar-refractivity contribution in [1.29, 1.82) is 0 Å². The molecule has 0 aromatic carbocycles. The maximum Gasteiger partial charge on any atom is 0.203 e. The zero-order valence-corrected chi connectivity index (χ0v) is 13.3. The van der Waals surface area contributed by atoms with Gasteiger partial charge in [-0.25, -0.2) is 4.98 Å². The first kappa shape index (κ1) is 14.0. The molecular formula is C17H29N3. The normalized spacial score (nSPS) is 26.9. The minimum atomic E-state index is 0.495. The van der Waals surface area contributed by atoms with E-state index in [2.05, 4.69) is 36.9 Å². The van der Waals surface area contributed by atoms with Crippen LogP contribution in [0.4, 0.5) is 5.95 Å². The lowest BCUT2D eigenvalue weighted by atomic mass is 9.92. The lowest BCUT2D eigenvalue weighted by Crippen LogP contribution is -2.22. The molecule has 3 rings (SSSR count). The van der Waals surface area contributed by atoms with Gasteiger partial charge < -0.3 is 9.88 Å². The third-order valence-corrected chi connectivity index (χ3v) is 5.12. The smallest absolute Gasteiger partial charge is 0.203 e. The van der Waals surface area contributed by atoms with Gasteiger partial charge >= 0.3 is 0 Å². The molecule has 1 aromatic rings. The summed E-state index contributed by atoms with van der Waals surface area (Å²) in [5, 5.41) is 3.74. The maximum absolute atomic E-state index is 4.75. The maximum atomic E-state index is 4.75. The standard InChI is InChI=1S/C17H29N3/c1-13-12-20(15-7-5-4-6-8-15)16(18-13)19-14-9-10-17(2,3)11-14/h12,14-15H,4-11H2,1-3H3,(H,18,19). The minimum absolute atomic E-state index is 0.495. The Balaban J connectivity index is 1.72. The predicted molar refractivity (Wildman–Crippen MR) is 84.1 cm³/mol. The molecule has 0 amide bonds. The van der Waals surface area contributed by atoms with Crippen LogP contribution in [0.5, 0.6) is 0 Å². The second kappa shape index (κ2) is 5.42. The molecule has 2 saturated carbocycles. The van der Waals surface area contributed by atoms with E-state index in [4.69, 9.17) is 4.98 Å². The molecule has 1 aromatic heterocycles. The molecule has 2 fully saturated rings. The van der Waals surface area contributed by atoms with E-state index < -0.39 is 0 Å². The summed E-state index contributed by atoms with van der Waals surface area (Å²) in [6.45, 7) is 6.88. The second-order valence-corrected chi connectivity index (χ2v) is 7.65. The van der Waals surface area contributed by atoms with Crippen molar-refractivity contribution in [3.8, 4) is 0 Å². The molecule has 0 aliphatic heterocycles. The zero-order valence-electron chi connectivity index (χ0n) is 13.3. The van der Waals surface area contributed by atoms with Gasteiger partial charge in [0, 0.05) is 18.3 Å². The van der Waals surface area contributed by atoms with Crippen LogP contribution in [-0.2, 0) is 0 Å². The van der Waals surface area contributed by atoms with E-state index in [1.807, 2.05) is 0 Å². The van der Waals surface area contributed by atoms with E-state index in [0.717, 1.165) is 11.6 Å². The zero-order chi connectivity index (χ0) is 14.2. The third-order valence-electron chi connectivity index (χ3n) is 5.12. The Morgan fingerprint density at radius 3 is 2.60 bits per heavy atom. The number of aromatic nitrogens is 2. The van der Waals surface area contributed by atoms with E-state index in [-0.39, 0.29) is 0 Å². The summed E-state index contributed by atoms with van der Waals surface area (Å²) in [5.74, 6) is 1.12. The van der Waals surface area contributed by atoms with Gasteiger partial charge in [-0.05, 0) is 44.4 Å². The predicted octanol–water partition coefficient (Wildman–Crippen LogP) is 4.69. The van der Waals surface area contributed by atoms with Gasteiger partial charge in [-0.3, -0.25) is 0 Å². The average molecular weight is 275 g/mol. The van der Waals surface area contributed by atoms with E-state index in [0.29, 0.717) is 17.5 Å². The Bertz CT molecular complexity index is 455. The van der Waals surface area contributed by atoms with Gasteiger partial charge in [-0.2, -0.15) is 0 Å². The van der Waals surface area contributed by atoms with Crippen LogP contribution in [0.25, 0.3) is 0 Å². The molecule has 1 N–H and O–H groups in total. The number of aryl methyl sites for hydroxylation is 1. The van der Waals surface area contributed by atoms with Gasteiger partial charge in [0.1, 0.15) is 0 Å². The summed E-state index contributed by atoms with van der Waals surface area (Å²) < 4.78 is 2.43. The lowest BCUT2D eigenvalue weighted by Gasteiger charge is -2.26. The summed E-state index contributed by atoms with van der Waals surface area (Å²) in [6, 6.07) is 1.27. The summed E-state index contributed by atoms with van der Waals surface area (Å²) in [6.07, 6.45) is 12.9. The molecular weight excluding hydrogens is 246 g/mol. The van der Waals surface area contributed by atoms with Crippen LogP contribution < -0.4 is 5.32 Å². The number of imidazole rings is 1. The van der Waals surface area contributed by atoms with E-state index in [9.17, 15) is 0 Å². The quantitative estimate of drug-likeness (QED) is 0.867. The van der Waals surface area contributed by atoms with Crippen LogP contribution in [0, 0.1) is 12.3 Å². The molecule has 0 bridgehead atoms. The Morgan fingerprint density at radius 2 is 1.95 bits per heavy atom. The fourth-order valence-corrected chi connectivity index (χ4v) is 4.00. The van der Waals surface area contributed by atoms with Crippen LogP contribution in [0.3, 0.4) is 0 Å². The number of nitrogens with zero attached hydrogens (tertiary/aromatic N) is 2. The Kier molecular flexibility index (Phi) is 3.78. The lowest BCUT2D eigenvalue weighted by molar-refractivity contribution is 0.354. The van der Waals surface area contributed by atoms with Gasteiger partial charge in [0.2, 0.25) is 5.95 Å². The monoisotopic (exact) mass is 275 g/mol. The van der Waals surface area contributed by atoms with Gasteiger partial charge in [-0.15, -0.1) is 0 Å². The molecule has 1 unspecified atom stereocenters. The molecule has 0 spiro atoms. The van der Waals surface area contributed by atoms with Crippen LogP contribution in [-0.4, -0.2) is 15.6 Å². The van der Waals surface area contributed by atoms with Crippen LogP contribution in [0.1, 0.15) is 76.9 Å². The topological polar surface area (TPSA) is 29.9 Å². The van der Waals surface area contributed by atoms with Crippen molar-refractivity contribution in [3.05, 3.63) is 11.9 Å². The molecule has 3 nitrogen and oxygen atoms in total. The van der Waals surface area contributed by atoms with Crippen molar-refractivity contribution < 1.29 is 0 Å². The summed E-state index contributed by atoms with van der Waals surface area (Å²) in [4.78, 5) is 4.75. The molecule has 20 heavy (non-hydrogen) atoms. The first-order chi connectivity index (χ1) is 9.53. The molecule has 0 saturated heterocycles. The van der Waals surface area contributed by atoms with Gasteiger partial charge in [-0.1, -0.05) is 33.1 Å². The second-order valence-electron chi connectivity index (χ2n) is 7.65. The summed E-state index contributed by atoms with van der Waals surface area (Å²) in [7, 11) is 0.